The van der Waals surface area contributed by atoms with Gasteiger partial charge < -0.3 is 16.4 Å². The van der Waals surface area contributed by atoms with Crippen LogP contribution in [0.25, 0.3) is 10.2 Å². The molecule has 4 N–H and O–H groups in total. The number of para-hydroxylation sites is 1. The van der Waals surface area contributed by atoms with Gasteiger partial charge in [0.1, 0.15) is 0 Å². The van der Waals surface area contributed by atoms with Crippen molar-refractivity contribution >= 4 is 32.6 Å². The van der Waals surface area contributed by atoms with E-state index in [9.17, 15) is 4.79 Å². The van der Waals surface area contributed by atoms with E-state index in [0.717, 1.165) is 21.8 Å². The first-order valence-corrected chi connectivity index (χ1v) is 8.06. The van der Waals surface area contributed by atoms with Crippen molar-refractivity contribution in [3.63, 3.8) is 0 Å². The summed E-state index contributed by atoms with van der Waals surface area (Å²) in [4.78, 5) is 16.3. The van der Waals surface area contributed by atoms with Crippen LogP contribution < -0.4 is 16.4 Å². The summed E-state index contributed by atoms with van der Waals surface area (Å²) in [5.41, 5.74) is 6.87. The van der Waals surface area contributed by atoms with Gasteiger partial charge in [-0.15, -0.1) is 0 Å². The smallest absolute Gasteiger partial charge is 0.237 e. The maximum absolute atomic E-state index is 11.8. The number of amides is 1. The summed E-state index contributed by atoms with van der Waals surface area (Å²) < 4.78 is 1.16. The van der Waals surface area contributed by atoms with Crippen LogP contribution in [0.2, 0.25) is 0 Å². The van der Waals surface area contributed by atoms with E-state index in [1.54, 1.807) is 11.3 Å². The minimum Gasteiger partial charge on any atom is -0.360 e. The van der Waals surface area contributed by atoms with Gasteiger partial charge >= 0.3 is 0 Å². The third-order valence-corrected chi connectivity index (χ3v) is 4.55. The van der Waals surface area contributed by atoms with E-state index >= 15 is 0 Å². The normalized spacial score (nSPS) is 13.9. The predicted molar refractivity (Wildman–Crippen MR) is 88.5 cm³/mol. The van der Waals surface area contributed by atoms with E-state index in [1.807, 2.05) is 38.1 Å². The lowest BCUT2D eigenvalue weighted by atomic mass is 9.99. The molecule has 2 rings (SSSR count). The first kappa shape index (κ1) is 15.7. The molecule has 0 bridgehead atoms. The Morgan fingerprint density at radius 1 is 1.38 bits per heavy atom. The molecular weight excluding hydrogens is 284 g/mol. The summed E-state index contributed by atoms with van der Waals surface area (Å²) in [5, 5.41) is 6.95. The molecule has 2 unspecified atom stereocenters. The van der Waals surface area contributed by atoms with E-state index in [0.29, 0.717) is 13.1 Å². The number of benzene rings is 1. The second kappa shape index (κ2) is 7.38. The minimum absolute atomic E-state index is 0.0875. The lowest BCUT2D eigenvalue weighted by Crippen LogP contribution is -2.45. The predicted octanol–water partition coefficient (Wildman–Crippen LogP) is 2.20. The molecule has 2 atom stereocenters. The molecule has 5 nitrogen and oxygen atoms in total. The number of hydrogen-bond acceptors (Lipinski definition) is 5. The third kappa shape index (κ3) is 4.15. The number of fused-ring (bicyclic) bond motifs is 1. The van der Waals surface area contributed by atoms with E-state index in [-0.39, 0.29) is 11.8 Å². The van der Waals surface area contributed by atoms with Gasteiger partial charge in [0.2, 0.25) is 5.91 Å². The van der Waals surface area contributed by atoms with Crippen LogP contribution in [0.15, 0.2) is 24.3 Å². The largest absolute Gasteiger partial charge is 0.360 e. The molecule has 1 aromatic heterocycles. The average Bonchev–Trinajstić information content (AvgIpc) is 2.92. The number of thiazole rings is 1. The summed E-state index contributed by atoms with van der Waals surface area (Å²) in [5.74, 6) is 0.109. The minimum atomic E-state index is -0.433. The zero-order valence-electron chi connectivity index (χ0n) is 12.4. The van der Waals surface area contributed by atoms with Gasteiger partial charge in [-0.2, -0.15) is 0 Å². The Bertz CT molecular complexity index is 565. The number of rotatable bonds is 7. The van der Waals surface area contributed by atoms with Crippen LogP contribution in [0.4, 0.5) is 5.13 Å². The Hall–Kier alpha value is -1.66. The summed E-state index contributed by atoms with van der Waals surface area (Å²) in [6.07, 6.45) is 0.901. The number of nitrogens with one attached hydrogen (secondary N) is 2. The van der Waals surface area contributed by atoms with Crippen LogP contribution >= 0.6 is 11.3 Å². The maximum Gasteiger partial charge on any atom is 0.237 e. The first-order valence-electron chi connectivity index (χ1n) is 7.24. The molecule has 0 aliphatic rings. The van der Waals surface area contributed by atoms with E-state index in [2.05, 4.69) is 15.6 Å². The van der Waals surface area contributed by atoms with Crippen LogP contribution in [-0.2, 0) is 4.79 Å². The molecule has 0 spiro atoms. The number of carbonyl (C=O) groups is 1. The van der Waals surface area contributed by atoms with Gasteiger partial charge in [-0.3, -0.25) is 4.79 Å². The Balaban J connectivity index is 1.75. The zero-order chi connectivity index (χ0) is 15.2. The van der Waals surface area contributed by atoms with Gasteiger partial charge in [0, 0.05) is 13.1 Å². The standard InChI is InChI=1S/C15H22N4OS/c1-3-10(2)13(16)14(20)17-8-9-18-15-19-11-6-4-5-7-12(11)21-15/h4-7,10,13H,3,8-9,16H2,1-2H3,(H,17,20)(H,18,19). The summed E-state index contributed by atoms with van der Waals surface area (Å²) in [7, 11) is 0. The summed E-state index contributed by atoms with van der Waals surface area (Å²) in [6, 6.07) is 7.58. The van der Waals surface area contributed by atoms with Crippen molar-refractivity contribution < 1.29 is 4.79 Å². The van der Waals surface area contributed by atoms with Gasteiger partial charge in [0.05, 0.1) is 16.3 Å². The molecule has 0 radical (unpaired) electrons. The van der Waals surface area contributed by atoms with Gasteiger partial charge in [0.25, 0.3) is 0 Å². The van der Waals surface area contributed by atoms with Crippen LogP contribution in [0, 0.1) is 5.92 Å². The lowest BCUT2D eigenvalue weighted by molar-refractivity contribution is -0.123. The molecule has 114 valence electrons. The molecule has 0 fully saturated rings. The number of anilines is 1. The number of hydrogen-bond donors (Lipinski definition) is 3. The number of aromatic nitrogens is 1. The van der Waals surface area contributed by atoms with Crippen molar-refractivity contribution in [3.05, 3.63) is 24.3 Å². The van der Waals surface area contributed by atoms with Crippen molar-refractivity contribution in [2.75, 3.05) is 18.4 Å². The second-order valence-corrected chi connectivity index (χ2v) is 6.15. The van der Waals surface area contributed by atoms with E-state index in [4.69, 9.17) is 5.73 Å². The van der Waals surface area contributed by atoms with E-state index in [1.165, 1.54) is 0 Å². The zero-order valence-corrected chi connectivity index (χ0v) is 13.2. The highest BCUT2D eigenvalue weighted by Gasteiger charge is 2.18. The highest BCUT2D eigenvalue weighted by Crippen LogP contribution is 2.24. The Labute approximate surface area is 128 Å². The number of nitrogens with two attached hydrogens (primary N) is 1. The molecule has 0 saturated carbocycles. The summed E-state index contributed by atoms with van der Waals surface area (Å²) in [6.45, 7) is 5.20. The van der Waals surface area contributed by atoms with Gasteiger partial charge in [-0.1, -0.05) is 43.7 Å². The fourth-order valence-corrected chi connectivity index (χ4v) is 2.82. The van der Waals surface area contributed by atoms with Crippen LogP contribution in [0.3, 0.4) is 0 Å². The number of carbonyl (C=O) groups excluding carboxylic acids is 1. The molecule has 1 aromatic carbocycles. The first-order chi connectivity index (χ1) is 10.1. The van der Waals surface area contributed by atoms with Crippen LogP contribution in [-0.4, -0.2) is 30.0 Å². The molecule has 0 aliphatic heterocycles. The van der Waals surface area contributed by atoms with Crippen molar-refractivity contribution in [2.45, 2.75) is 26.3 Å². The highest BCUT2D eigenvalue weighted by molar-refractivity contribution is 7.22. The Kier molecular flexibility index (Phi) is 5.52. The average molecular weight is 306 g/mol. The van der Waals surface area contributed by atoms with Crippen LogP contribution in [0.1, 0.15) is 20.3 Å². The van der Waals surface area contributed by atoms with E-state index < -0.39 is 6.04 Å². The fourth-order valence-electron chi connectivity index (χ4n) is 1.93. The quantitative estimate of drug-likeness (QED) is 0.685. The maximum atomic E-state index is 11.8. The molecule has 1 heterocycles. The van der Waals surface area contributed by atoms with Gasteiger partial charge in [-0.05, 0) is 18.1 Å². The molecule has 0 aliphatic carbocycles. The lowest BCUT2D eigenvalue weighted by Gasteiger charge is -2.17. The monoisotopic (exact) mass is 306 g/mol. The molecule has 1 amide bonds. The molecular formula is C15H22N4OS. The Morgan fingerprint density at radius 3 is 2.86 bits per heavy atom. The second-order valence-electron chi connectivity index (χ2n) is 5.12. The van der Waals surface area contributed by atoms with Crippen molar-refractivity contribution in [1.82, 2.24) is 10.3 Å². The van der Waals surface area contributed by atoms with Gasteiger partial charge in [-0.25, -0.2) is 4.98 Å². The topological polar surface area (TPSA) is 80.0 Å². The highest BCUT2D eigenvalue weighted by atomic mass is 32.1. The SMILES string of the molecule is CCC(C)C(N)C(=O)NCCNc1nc2ccccc2s1. The Morgan fingerprint density at radius 2 is 2.14 bits per heavy atom. The molecule has 2 aromatic rings. The molecule has 6 heteroatoms. The number of nitrogens with zero attached hydrogens (tertiary/aromatic N) is 1. The summed E-state index contributed by atoms with van der Waals surface area (Å²) >= 11 is 1.61. The van der Waals surface area contributed by atoms with Crippen molar-refractivity contribution in [2.24, 2.45) is 11.7 Å². The van der Waals surface area contributed by atoms with Crippen molar-refractivity contribution in [3.8, 4) is 0 Å². The van der Waals surface area contributed by atoms with Crippen LogP contribution in [0.5, 0.6) is 0 Å². The van der Waals surface area contributed by atoms with Crippen molar-refractivity contribution in [1.29, 1.82) is 0 Å². The van der Waals surface area contributed by atoms with Gasteiger partial charge in [0.15, 0.2) is 5.13 Å². The molecule has 21 heavy (non-hydrogen) atoms. The third-order valence-electron chi connectivity index (χ3n) is 3.55. The molecule has 0 saturated heterocycles. The fraction of sp³-hybridized carbons (Fsp3) is 0.467.